The molecule has 0 aliphatic heterocycles. The highest BCUT2D eigenvalue weighted by molar-refractivity contribution is 7.90. The van der Waals surface area contributed by atoms with Crippen molar-refractivity contribution in [3.05, 3.63) is 29.8 Å². The number of hydrogen-bond donors (Lipinski definition) is 2. The van der Waals surface area contributed by atoms with Gasteiger partial charge in [0.1, 0.15) is 15.6 Å². The molecular formula is C16H25F2N3O4S. The maximum absolute atomic E-state index is 12.4. The maximum Gasteiger partial charge on any atom is 0.387 e. The van der Waals surface area contributed by atoms with Crippen LogP contribution in [-0.2, 0) is 21.1 Å². The molecule has 0 atom stereocenters. The second kappa shape index (κ2) is 11.6. The van der Waals surface area contributed by atoms with Gasteiger partial charge < -0.3 is 20.1 Å². The molecule has 10 heteroatoms. The van der Waals surface area contributed by atoms with Gasteiger partial charge in [0.2, 0.25) is 0 Å². The number of sulfone groups is 1. The van der Waals surface area contributed by atoms with Crippen LogP contribution in [0.1, 0.15) is 12.5 Å². The van der Waals surface area contributed by atoms with E-state index in [1.54, 1.807) is 18.2 Å². The molecule has 0 fully saturated rings. The minimum atomic E-state index is -3.04. The molecule has 2 N–H and O–H groups in total. The standard InChI is InChI=1S/C16H25F2N3O4S/c1-3-19-16(20-8-9-24-10-11-26(2,22)23)21-12-13-6-4-5-7-14(13)25-15(17)18/h4-7,15H,3,8-12H2,1-2H3,(H2,19,20,21). The quantitative estimate of drug-likeness (QED) is 0.336. The van der Waals surface area contributed by atoms with Crippen LogP contribution in [0, 0.1) is 0 Å². The summed E-state index contributed by atoms with van der Waals surface area (Å²) in [7, 11) is -3.04. The first-order valence-electron chi connectivity index (χ1n) is 8.12. The number of rotatable bonds is 11. The Kier molecular flexibility index (Phi) is 9.89. The Morgan fingerprint density at radius 3 is 2.62 bits per heavy atom. The summed E-state index contributed by atoms with van der Waals surface area (Å²) in [6, 6.07) is 6.47. The topological polar surface area (TPSA) is 89.0 Å². The van der Waals surface area contributed by atoms with Crippen LogP contribution >= 0.6 is 0 Å². The number of halogens is 2. The number of alkyl halides is 2. The summed E-state index contributed by atoms with van der Waals surface area (Å²) in [4.78, 5) is 4.33. The van der Waals surface area contributed by atoms with E-state index < -0.39 is 16.4 Å². The first-order chi connectivity index (χ1) is 12.3. The second-order valence-corrected chi connectivity index (χ2v) is 7.61. The van der Waals surface area contributed by atoms with Gasteiger partial charge >= 0.3 is 6.61 Å². The maximum atomic E-state index is 12.4. The van der Waals surface area contributed by atoms with E-state index in [0.717, 1.165) is 6.26 Å². The van der Waals surface area contributed by atoms with Gasteiger partial charge in [-0.3, -0.25) is 0 Å². The van der Waals surface area contributed by atoms with Gasteiger partial charge in [-0.25, -0.2) is 13.4 Å². The SMILES string of the molecule is CCNC(=NCc1ccccc1OC(F)F)NCCOCCS(C)(=O)=O. The highest BCUT2D eigenvalue weighted by atomic mass is 32.2. The van der Waals surface area contributed by atoms with E-state index in [1.165, 1.54) is 6.07 Å². The molecule has 1 aromatic carbocycles. The molecule has 0 saturated carbocycles. The summed E-state index contributed by atoms with van der Waals surface area (Å²) in [5.74, 6) is 0.555. The summed E-state index contributed by atoms with van der Waals surface area (Å²) >= 11 is 0. The Labute approximate surface area is 152 Å². The largest absolute Gasteiger partial charge is 0.434 e. The third kappa shape index (κ3) is 10.1. The average molecular weight is 393 g/mol. The summed E-state index contributed by atoms with van der Waals surface area (Å²) in [6.45, 7) is 0.648. The van der Waals surface area contributed by atoms with Crippen LogP contribution in [0.3, 0.4) is 0 Å². The van der Waals surface area contributed by atoms with Crippen LogP contribution in [0.15, 0.2) is 29.3 Å². The zero-order chi connectivity index (χ0) is 19.4. The Hall–Kier alpha value is -1.94. The Morgan fingerprint density at radius 1 is 1.23 bits per heavy atom. The van der Waals surface area contributed by atoms with Crippen LogP contribution in [0.5, 0.6) is 5.75 Å². The van der Waals surface area contributed by atoms with Crippen molar-refractivity contribution >= 4 is 15.8 Å². The van der Waals surface area contributed by atoms with Gasteiger partial charge in [0, 0.05) is 24.9 Å². The van der Waals surface area contributed by atoms with E-state index in [4.69, 9.17) is 4.74 Å². The monoisotopic (exact) mass is 393 g/mol. The molecule has 1 rings (SSSR count). The number of hydrogen-bond acceptors (Lipinski definition) is 5. The first-order valence-corrected chi connectivity index (χ1v) is 10.2. The van der Waals surface area contributed by atoms with Crippen molar-refractivity contribution in [2.24, 2.45) is 4.99 Å². The molecule has 7 nitrogen and oxygen atoms in total. The molecule has 0 aliphatic carbocycles. The van der Waals surface area contributed by atoms with Gasteiger partial charge in [0.25, 0.3) is 0 Å². The molecule has 0 saturated heterocycles. The van der Waals surface area contributed by atoms with Crippen molar-refractivity contribution in [1.29, 1.82) is 0 Å². The van der Waals surface area contributed by atoms with E-state index in [-0.39, 0.29) is 24.7 Å². The molecule has 0 bridgehead atoms. The average Bonchev–Trinajstić information content (AvgIpc) is 2.55. The number of ether oxygens (including phenoxy) is 2. The number of guanidine groups is 1. The van der Waals surface area contributed by atoms with Gasteiger partial charge in [-0.05, 0) is 13.0 Å². The van der Waals surface area contributed by atoms with Crippen LogP contribution in [0.4, 0.5) is 8.78 Å². The van der Waals surface area contributed by atoms with E-state index in [9.17, 15) is 17.2 Å². The number of aliphatic imine (C=N–C) groups is 1. The number of benzene rings is 1. The Bertz CT molecular complexity index is 669. The molecule has 0 aliphatic rings. The number of nitrogens with zero attached hydrogens (tertiary/aromatic N) is 1. The van der Waals surface area contributed by atoms with E-state index in [2.05, 4.69) is 20.4 Å². The van der Waals surface area contributed by atoms with Crippen LogP contribution in [-0.4, -0.2) is 59.3 Å². The van der Waals surface area contributed by atoms with Gasteiger partial charge in [0.05, 0.1) is 25.5 Å². The molecule has 26 heavy (non-hydrogen) atoms. The minimum absolute atomic E-state index is 0.0257. The van der Waals surface area contributed by atoms with E-state index in [1.807, 2.05) is 6.92 Å². The zero-order valence-electron chi connectivity index (χ0n) is 14.9. The number of para-hydroxylation sites is 1. The minimum Gasteiger partial charge on any atom is -0.434 e. The van der Waals surface area contributed by atoms with Crippen LogP contribution in [0.2, 0.25) is 0 Å². The highest BCUT2D eigenvalue weighted by Crippen LogP contribution is 2.20. The number of nitrogens with one attached hydrogen (secondary N) is 2. The summed E-state index contributed by atoms with van der Waals surface area (Å²) < 4.78 is 56.5. The lowest BCUT2D eigenvalue weighted by Gasteiger charge is -2.13. The Balaban J connectivity index is 2.51. The lowest BCUT2D eigenvalue weighted by Crippen LogP contribution is -2.39. The van der Waals surface area contributed by atoms with Gasteiger partial charge in [-0.1, -0.05) is 18.2 Å². The molecule has 1 aromatic rings. The molecule has 0 amide bonds. The van der Waals surface area contributed by atoms with Crippen molar-refractivity contribution < 1.29 is 26.7 Å². The zero-order valence-corrected chi connectivity index (χ0v) is 15.7. The van der Waals surface area contributed by atoms with Gasteiger partial charge in [-0.15, -0.1) is 0 Å². The molecular weight excluding hydrogens is 368 g/mol. The summed E-state index contributed by atoms with van der Waals surface area (Å²) in [6.07, 6.45) is 1.15. The molecule has 0 heterocycles. The normalized spacial score (nSPS) is 12.3. The van der Waals surface area contributed by atoms with Crippen molar-refractivity contribution in [3.63, 3.8) is 0 Å². The Morgan fingerprint density at radius 2 is 1.96 bits per heavy atom. The molecule has 0 spiro atoms. The smallest absolute Gasteiger partial charge is 0.387 e. The van der Waals surface area contributed by atoms with Crippen molar-refractivity contribution in [2.45, 2.75) is 20.1 Å². The molecule has 0 aromatic heterocycles. The van der Waals surface area contributed by atoms with Gasteiger partial charge in [-0.2, -0.15) is 8.78 Å². The third-order valence-electron chi connectivity index (χ3n) is 3.08. The first kappa shape index (κ1) is 22.1. The fourth-order valence-electron chi connectivity index (χ4n) is 1.91. The van der Waals surface area contributed by atoms with Crippen LogP contribution in [0.25, 0.3) is 0 Å². The predicted molar refractivity (Wildman–Crippen MR) is 96.4 cm³/mol. The van der Waals surface area contributed by atoms with E-state index in [0.29, 0.717) is 31.2 Å². The van der Waals surface area contributed by atoms with Crippen molar-refractivity contribution in [1.82, 2.24) is 10.6 Å². The molecule has 0 unspecified atom stereocenters. The molecule has 148 valence electrons. The van der Waals surface area contributed by atoms with E-state index >= 15 is 0 Å². The molecule has 0 radical (unpaired) electrons. The predicted octanol–water partition coefficient (Wildman–Crippen LogP) is 1.40. The summed E-state index contributed by atoms with van der Waals surface area (Å²) in [5.41, 5.74) is 0.536. The fourth-order valence-corrected chi connectivity index (χ4v) is 2.33. The van der Waals surface area contributed by atoms with Crippen molar-refractivity contribution in [3.8, 4) is 5.75 Å². The van der Waals surface area contributed by atoms with Gasteiger partial charge in [0.15, 0.2) is 5.96 Å². The second-order valence-electron chi connectivity index (χ2n) is 5.35. The third-order valence-corrected chi connectivity index (χ3v) is 3.99. The highest BCUT2D eigenvalue weighted by Gasteiger charge is 2.09. The lowest BCUT2D eigenvalue weighted by atomic mass is 10.2. The van der Waals surface area contributed by atoms with Crippen molar-refractivity contribution in [2.75, 3.05) is 38.3 Å². The van der Waals surface area contributed by atoms with Crippen LogP contribution < -0.4 is 15.4 Å². The fraction of sp³-hybridized carbons (Fsp3) is 0.562. The summed E-state index contributed by atoms with van der Waals surface area (Å²) in [5, 5.41) is 6.05. The lowest BCUT2D eigenvalue weighted by molar-refractivity contribution is -0.0504.